The van der Waals surface area contributed by atoms with E-state index in [-0.39, 0.29) is 11.8 Å². The third kappa shape index (κ3) is 4.59. The summed E-state index contributed by atoms with van der Waals surface area (Å²) in [5, 5.41) is 9.27. The minimum Gasteiger partial charge on any atom is -0.392 e. The topological polar surface area (TPSA) is 63.3 Å². The zero-order valence-corrected chi connectivity index (χ0v) is 11.4. The molecule has 3 nitrogen and oxygen atoms in total. The van der Waals surface area contributed by atoms with Gasteiger partial charge in [-0.2, -0.15) is 0 Å². The van der Waals surface area contributed by atoms with Gasteiger partial charge in [0.05, 0.1) is 6.10 Å². The van der Waals surface area contributed by atoms with Gasteiger partial charge in [0.1, 0.15) is 5.78 Å². The summed E-state index contributed by atoms with van der Waals surface area (Å²) in [5.41, 5.74) is 9.12. The second-order valence-electron chi connectivity index (χ2n) is 5.09. The number of aliphatic hydroxyl groups excluding tert-OH is 1. The maximum absolute atomic E-state index is 11.9. The highest BCUT2D eigenvalue weighted by Crippen LogP contribution is 2.13. The first-order chi connectivity index (χ1) is 8.40. The molecule has 3 heteroatoms. The Balaban J connectivity index is 2.52. The van der Waals surface area contributed by atoms with Crippen LogP contribution in [0, 0.1) is 13.8 Å². The third-order valence-corrected chi connectivity index (χ3v) is 3.27. The number of carbonyl (C=O) groups excluding carboxylic acids is 1. The third-order valence-electron chi connectivity index (χ3n) is 3.27. The second-order valence-corrected chi connectivity index (χ2v) is 5.09. The molecule has 0 heterocycles. The van der Waals surface area contributed by atoms with Gasteiger partial charge in [-0.1, -0.05) is 23.8 Å². The van der Waals surface area contributed by atoms with Gasteiger partial charge in [0.2, 0.25) is 0 Å². The minimum atomic E-state index is -0.557. The number of benzene rings is 1. The average molecular weight is 249 g/mol. The highest BCUT2D eigenvalue weighted by atomic mass is 16.3. The first-order valence-corrected chi connectivity index (χ1v) is 6.41. The van der Waals surface area contributed by atoms with Gasteiger partial charge in [-0.15, -0.1) is 0 Å². The van der Waals surface area contributed by atoms with Crippen molar-refractivity contribution in [3.05, 3.63) is 34.9 Å². The summed E-state index contributed by atoms with van der Waals surface area (Å²) >= 11 is 0. The lowest BCUT2D eigenvalue weighted by atomic mass is 9.97. The smallest absolute Gasteiger partial charge is 0.137 e. The van der Waals surface area contributed by atoms with Crippen LogP contribution in [-0.2, 0) is 11.2 Å². The summed E-state index contributed by atoms with van der Waals surface area (Å²) < 4.78 is 0. The van der Waals surface area contributed by atoms with Crippen LogP contribution in [0.4, 0.5) is 0 Å². The minimum absolute atomic E-state index is 0.180. The highest BCUT2D eigenvalue weighted by molar-refractivity contribution is 5.81. The SMILES string of the molecule is Cc1ccc(C)c(CC(=O)CCC(N)C(C)O)c1. The van der Waals surface area contributed by atoms with Gasteiger partial charge in [0, 0.05) is 18.9 Å². The molecule has 0 spiro atoms. The van der Waals surface area contributed by atoms with Crippen molar-refractivity contribution in [1.29, 1.82) is 0 Å². The number of carbonyl (C=O) groups is 1. The van der Waals surface area contributed by atoms with Crippen molar-refractivity contribution in [1.82, 2.24) is 0 Å². The van der Waals surface area contributed by atoms with Crippen LogP contribution in [0.15, 0.2) is 18.2 Å². The van der Waals surface area contributed by atoms with Crippen molar-refractivity contribution in [3.8, 4) is 0 Å². The van der Waals surface area contributed by atoms with Crippen molar-refractivity contribution < 1.29 is 9.90 Å². The lowest BCUT2D eigenvalue weighted by Crippen LogP contribution is -2.32. The van der Waals surface area contributed by atoms with Crippen LogP contribution in [0.25, 0.3) is 0 Å². The molecule has 0 aliphatic heterocycles. The van der Waals surface area contributed by atoms with Crippen LogP contribution >= 0.6 is 0 Å². The van der Waals surface area contributed by atoms with E-state index in [4.69, 9.17) is 5.73 Å². The molecule has 0 aromatic heterocycles. The van der Waals surface area contributed by atoms with E-state index in [1.165, 1.54) is 5.56 Å². The van der Waals surface area contributed by atoms with Crippen molar-refractivity contribution in [3.63, 3.8) is 0 Å². The fourth-order valence-electron chi connectivity index (χ4n) is 1.86. The zero-order valence-electron chi connectivity index (χ0n) is 11.4. The molecule has 2 unspecified atom stereocenters. The van der Waals surface area contributed by atoms with E-state index in [9.17, 15) is 9.90 Å². The molecule has 3 N–H and O–H groups in total. The monoisotopic (exact) mass is 249 g/mol. The van der Waals surface area contributed by atoms with Gasteiger partial charge in [0.25, 0.3) is 0 Å². The van der Waals surface area contributed by atoms with Crippen LogP contribution < -0.4 is 5.73 Å². The van der Waals surface area contributed by atoms with Crippen molar-refractivity contribution in [2.75, 3.05) is 0 Å². The molecule has 0 amide bonds. The van der Waals surface area contributed by atoms with Gasteiger partial charge in [-0.3, -0.25) is 4.79 Å². The largest absolute Gasteiger partial charge is 0.392 e. The summed E-state index contributed by atoms with van der Waals surface area (Å²) in [7, 11) is 0. The average Bonchev–Trinajstić information content (AvgIpc) is 2.30. The zero-order chi connectivity index (χ0) is 13.7. The van der Waals surface area contributed by atoms with E-state index in [1.54, 1.807) is 6.92 Å². The van der Waals surface area contributed by atoms with Gasteiger partial charge >= 0.3 is 0 Å². The Bertz CT molecular complexity index is 413. The molecule has 0 radical (unpaired) electrons. The van der Waals surface area contributed by atoms with E-state index in [1.807, 2.05) is 26.0 Å². The standard InChI is InChI=1S/C15H23NO2/c1-10-4-5-11(2)13(8-10)9-14(18)6-7-15(16)12(3)17/h4-5,8,12,15,17H,6-7,9,16H2,1-3H3. The van der Waals surface area contributed by atoms with Gasteiger partial charge in [-0.05, 0) is 38.3 Å². The summed E-state index contributed by atoms with van der Waals surface area (Å²) in [6.45, 7) is 5.69. The molecule has 0 aliphatic carbocycles. The van der Waals surface area contributed by atoms with E-state index >= 15 is 0 Å². The number of ketones is 1. The lowest BCUT2D eigenvalue weighted by molar-refractivity contribution is -0.118. The molecule has 0 saturated heterocycles. The summed E-state index contributed by atoms with van der Waals surface area (Å²) in [6, 6.07) is 5.83. The number of Topliss-reactive ketones (excluding diaryl/α,β-unsaturated/α-hetero) is 1. The van der Waals surface area contributed by atoms with Crippen LogP contribution in [-0.4, -0.2) is 23.0 Å². The van der Waals surface area contributed by atoms with Crippen LogP contribution in [0.5, 0.6) is 0 Å². The molecule has 0 saturated carbocycles. The number of hydrogen-bond donors (Lipinski definition) is 2. The van der Waals surface area contributed by atoms with E-state index in [0.29, 0.717) is 19.3 Å². The van der Waals surface area contributed by atoms with E-state index < -0.39 is 6.10 Å². The molecule has 0 bridgehead atoms. The Morgan fingerprint density at radius 2 is 2.06 bits per heavy atom. The first kappa shape index (κ1) is 14.9. The normalized spacial score (nSPS) is 14.3. The summed E-state index contributed by atoms with van der Waals surface area (Å²) in [6.07, 6.45) is 0.874. The van der Waals surface area contributed by atoms with Crippen LogP contribution in [0.3, 0.4) is 0 Å². The Hall–Kier alpha value is -1.19. The van der Waals surface area contributed by atoms with Crippen LogP contribution in [0.2, 0.25) is 0 Å². The van der Waals surface area contributed by atoms with Gasteiger partial charge in [0.15, 0.2) is 0 Å². The Morgan fingerprint density at radius 1 is 1.39 bits per heavy atom. The van der Waals surface area contributed by atoms with Crippen molar-refractivity contribution in [2.24, 2.45) is 5.73 Å². The molecule has 1 aromatic carbocycles. The number of rotatable bonds is 6. The number of hydrogen-bond acceptors (Lipinski definition) is 3. The fourth-order valence-corrected chi connectivity index (χ4v) is 1.86. The molecule has 1 rings (SSSR count). The quantitative estimate of drug-likeness (QED) is 0.809. The number of nitrogens with two attached hydrogens (primary N) is 1. The van der Waals surface area contributed by atoms with Crippen molar-refractivity contribution in [2.45, 2.75) is 52.2 Å². The van der Waals surface area contributed by atoms with Crippen molar-refractivity contribution >= 4 is 5.78 Å². The molecular formula is C15H23NO2. The van der Waals surface area contributed by atoms with E-state index in [2.05, 4.69) is 6.07 Å². The molecule has 2 atom stereocenters. The maximum Gasteiger partial charge on any atom is 0.137 e. The fraction of sp³-hybridized carbons (Fsp3) is 0.533. The van der Waals surface area contributed by atoms with Crippen LogP contribution in [0.1, 0.15) is 36.5 Å². The summed E-state index contributed by atoms with van der Waals surface area (Å²) in [4.78, 5) is 11.9. The highest BCUT2D eigenvalue weighted by Gasteiger charge is 2.12. The first-order valence-electron chi connectivity index (χ1n) is 6.41. The maximum atomic E-state index is 11.9. The number of aliphatic hydroxyl groups is 1. The molecule has 1 aromatic rings. The Morgan fingerprint density at radius 3 is 2.67 bits per heavy atom. The number of aryl methyl sites for hydroxylation is 2. The lowest BCUT2D eigenvalue weighted by Gasteiger charge is -2.14. The van der Waals surface area contributed by atoms with E-state index in [0.717, 1.165) is 11.1 Å². The predicted octanol–water partition coefficient (Wildman–Crippen LogP) is 1.90. The van der Waals surface area contributed by atoms with Gasteiger partial charge < -0.3 is 10.8 Å². The molecule has 100 valence electrons. The Labute approximate surface area is 109 Å². The molecule has 18 heavy (non-hydrogen) atoms. The predicted molar refractivity (Wildman–Crippen MR) is 73.5 cm³/mol. The second kappa shape index (κ2) is 6.66. The molecular weight excluding hydrogens is 226 g/mol. The molecule has 0 aliphatic rings. The van der Waals surface area contributed by atoms with Gasteiger partial charge in [-0.25, -0.2) is 0 Å². The summed E-state index contributed by atoms with van der Waals surface area (Å²) in [5.74, 6) is 0.180. The molecule has 0 fully saturated rings. The Kier molecular flexibility index (Phi) is 5.51.